The normalized spacial score (nSPS) is 14.0. The fourth-order valence-electron chi connectivity index (χ4n) is 4.91. The van der Waals surface area contributed by atoms with Gasteiger partial charge in [-0.2, -0.15) is 0 Å². The lowest BCUT2D eigenvalue weighted by atomic mass is 10.1. The molecule has 1 aliphatic rings. The van der Waals surface area contributed by atoms with Crippen molar-refractivity contribution >= 4 is 10.9 Å². The van der Waals surface area contributed by atoms with Crippen molar-refractivity contribution in [3.8, 4) is 17.2 Å². The molecular weight excluding hydrogens is 470 g/mol. The van der Waals surface area contributed by atoms with Gasteiger partial charge < -0.3 is 19.5 Å². The minimum atomic E-state index is -0.342. The van der Waals surface area contributed by atoms with Crippen LogP contribution in [0.25, 0.3) is 10.9 Å². The van der Waals surface area contributed by atoms with E-state index in [0.717, 1.165) is 37.1 Å². The number of benzene rings is 3. The first-order valence-electron chi connectivity index (χ1n) is 12.5. The maximum Gasteiger partial charge on any atom is 0.332 e. The highest BCUT2D eigenvalue weighted by atomic mass is 16.5. The summed E-state index contributed by atoms with van der Waals surface area (Å²) in [5.41, 5.74) is 1.79. The van der Waals surface area contributed by atoms with Gasteiger partial charge >= 0.3 is 5.69 Å². The van der Waals surface area contributed by atoms with Gasteiger partial charge in [0.1, 0.15) is 12.4 Å². The standard InChI is InChI=1S/C29H31N3O5/c1-35-26-11-8-21(16-27(26)36-2)18-31-28(33)24-17-23(37-19-20-6-4-3-5-7-20)9-10-25(24)32(29(31)34)22-12-14-30-15-13-22/h3-11,16-17,22,30H,12-15,18-19H2,1-2H3. The molecule has 2 heterocycles. The largest absolute Gasteiger partial charge is 0.493 e. The Morgan fingerprint density at radius 1 is 0.865 bits per heavy atom. The molecular formula is C29H31N3O5. The molecule has 0 amide bonds. The second-order valence-electron chi connectivity index (χ2n) is 9.17. The van der Waals surface area contributed by atoms with Crippen molar-refractivity contribution in [2.24, 2.45) is 0 Å². The molecule has 4 aromatic rings. The van der Waals surface area contributed by atoms with Crippen LogP contribution in [0.3, 0.4) is 0 Å². The Morgan fingerprint density at radius 3 is 2.35 bits per heavy atom. The second kappa shape index (κ2) is 10.9. The number of hydrogen-bond donors (Lipinski definition) is 1. The molecule has 3 aromatic carbocycles. The first kappa shape index (κ1) is 24.6. The Kier molecular flexibility index (Phi) is 7.28. The highest BCUT2D eigenvalue weighted by Gasteiger charge is 2.22. The molecule has 0 atom stereocenters. The number of fused-ring (bicyclic) bond motifs is 1. The molecule has 1 saturated heterocycles. The number of hydrogen-bond acceptors (Lipinski definition) is 6. The van der Waals surface area contributed by atoms with Gasteiger partial charge in [0.2, 0.25) is 0 Å². The van der Waals surface area contributed by atoms with Gasteiger partial charge in [-0.3, -0.25) is 13.9 Å². The summed E-state index contributed by atoms with van der Waals surface area (Å²) < 4.78 is 19.9. The number of nitrogens with zero attached hydrogens (tertiary/aromatic N) is 2. The quantitative estimate of drug-likeness (QED) is 0.396. The third-order valence-corrected chi connectivity index (χ3v) is 6.85. The molecule has 1 aliphatic heterocycles. The third-order valence-electron chi connectivity index (χ3n) is 6.85. The molecule has 8 heteroatoms. The summed E-state index contributed by atoms with van der Waals surface area (Å²) in [6.07, 6.45) is 1.63. The molecule has 0 unspecified atom stereocenters. The molecule has 0 spiro atoms. The molecule has 1 N–H and O–H groups in total. The summed E-state index contributed by atoms with van der Waals surface area (Å²) in [7, 11) is 3.13. The van der Waals surface area contributed by atoms with Crippen LogP contribution in [-0.4, -0.2) is 36.4 Å². The lowest BCUT2D eigenvalue weighted by Crippen LogP contribution is -2.43. The summed E-state index contributed by atoms with van der Waals surface area (Å²) in [5.74, 6) is 1.72. The Morgan fingerprint density at radius 2 is 1.62 bits per heavy atom. The van der Waals surface area contributed by atoms with Crippen molar-refractivity contribution < 1.29 is 14.2 Å². The van der Waals surface area contributed by atoms with Crippen LogP contribution < -0.4 is 30.8 Å². The smallest absolute Gasteiger partial charge is 0.332 e. The van der Waals surface area contributed by atoms with E-state index < -0.39 is 0 Å². The van der Waals surface area contributed by atoms with Gasteiger partial charge in [-0.15, -0.1) is 0 Å². The fraction of sp³-hybridized carbons (Fsp3) is 0.310. The number of aromatic nitrogens is 2. The van der Waals surface area contributed by atoms with E-state index in [1.807, 2.05) is 48.5 Å². The SMILES string of the molecule is COc1ccc(Cn2c(=O)c3cc(OCc4ccccc4)ccc3n(C3CCNCC3)c2=O)cc1OC. The van der Waals surface area contributed by atoms with E-state index in [1.54, 1.807) is 37.0 Å². The Balaban J connectivity index is 1.59. The van der Waals surface area contributed by atoms with E-state index in [4.69, 9.17) is 14.2 Å². The van der Waals surface area contributed by atoms with Crippen molar-refractivity contribution in [2.75, 3.05) is 27.3 Å². The van der Waals surface area contributed by atoms with Crippen LogP contribution in [0.2, 0.25) is 0 Å². The van der Waals surface area contributed by atoms with Crippen LogP contribution in [0.4, 0.5) is 0 Å². The van der Waals surface area contributed by atoms with E-state index in [-0.39, 0.29) is 23.8 Å². The molecule has 0 radical (unpaired) electrons. The van der Waals surface area contributed by atoms with E-state index in [2.05, 4.69) is 5.32 Å². The predicted molar refractivity (Wildman–Crippen MR) is 143 cm³/mol. The lowest BCUT2D eigenvalue weighted by molar-refractivity contribution is 0.306. The van der Waals surface area contributed by atoms with Crippen molar-refractivity contribution in [3.05, 3.63) is 98.7 Å². The summed E-state index contributed by atoms with van der Waals surface area (Å²) in [6, 6.07) is 20.7. The summed E-state index contributed by atoms with van der Waals surface area (Å²) in [6.45, 7) is 2.16. The average molecular weight is 502 g/mol. The minimum absolute atomic E-state index is 0.00425. The Bertz CT molecular complexity index is 1500. The zero-order chi connectivity index (χ0) is 25.8. The van der Waals surface area contributed by atoms with Gasteiger partial charge in [0, 0.05) is 6.04 Å². The average Bonchev–Trinajstić information content (AvgIpc) is 2.95. The van der Waals surface area contributed by atoms with E-state index >= 15 is 0 Å². The third kappa shape index (κ3) is 5.11. The van der Waals surface area contributed by atoms with Crippen LogP contribution in [-0.2, 0) is 13.2 Å². The first-order chi connectivity index (χ1) is 18.1. The molecule has 0 saturated carbocycles. The van der Waals surface area contributed by atoms with Gasteiger partial charge in [-0.1, -0.05) is 36.4 Å². The Hall–Kier alpha value is -4.04. The minimum Gasteiger partial charge on any atom is -0.493 e. The molecule has 8 nitrogen and oxygen atoms in total. The first-order valence-corrected chi connectivity index (χ1v) is 12.5. The predicted octanol–water partition coefficient (Wildman–Crippen LogP) is 3.73. The van der Waals surface area contributed by atoms with Gasteiger partial charge in [-0.25, -0.2) is 4.79 Å². The fourth-order valence-corrected chi connectivity index (χ4v) is 4.91. The lowest BCUT2D eigenvalue weighted by Gasteiger charge is -2.27. The monoisotopic (exact) mass is 501 g/mol. The second-order valence-corrected chi connectivity index (χ2v) is 9.17. The van der Waals surface area contributed by atoms with Gasteiger partial charge in [0.05, 0.1) is 31.7 Å². The summed E-state index contributed by atoms with van der Waals surface area (Å²) in [5, 5.41) is 3.82. The molecule has 0 bridgehead atoms. The summed E-state index contributed by atoms with van der Waals surface area (Å²) in [4.78, 5) is 27.5. The van der Waals surface area contributed by atoms with Gasteiger partial charge in [0.15, 0.2) is 11.5 Å². The zero-order valence-electron chi connectivity index (χ0n) is 21.1. The van der Waals surface area contributed by atoms with Gasteiger partial charge in [-0.05, 0) is 67.4 Å². The van der Waals surface area contributed by atoms with Crippen LogP contribution in [0.5, 0.6) is 17.2 Å². The molecule has 0 aliphatic carbocycles. The van der Waals surface area contributed by atoms with Crippen LogP contribution in [0.15, 0.2) is 76.3 Å². The number of piperidine rings is 1. The molecule has 5 rings (SSSR count). The Labute approximate surface area is 215 Å². The topological polar surface area (TPSA) is 83.7 Å². The van der Waals surface area contributed by atoms with Crippen LogP contribution in [0, 0.1) is 0 Å². The number of nitrogens with one attached hydrogen (secondary N) is 1. The van der Waals surface area contributed by atoms with Crippen molar-refractivity contribution in [1.29, 1.82) is 0 Å². The highest BCUT2D eigenvalue weighted by molar-refractivity contribution is 5.80. The van der Waals surface area contributed by atoms with Crippen molar-refractivity contribution in [1.82, 2.24) is 14.5 Å². The van der Waals surface area contributed by atoms with Crippen LogP contribution >= 0.6 is 0 Å². The molecule has 1 fully saturated rings. The van der Waals surface area contributed by atoms with Crippen LogP contribution in [0.1, 0.15) is 30.0 Å². The van der Waals surface area contributed by atoms with E-state index in [1.165, 1.54) is 4.57 Å². The van der Waals surface area contributed by atoms with E-state index in [9.17, 15) is 9.59 Å². The van der Waals surface area contributed by atoms with Crippen molar-refractivity contribution in [2.45, 2.75) is 32.0 Å². The molecule has 192 valence electrons. The number of rotatable bonds is 8. The van der Waals surface area contributed by atoms with Crippen molar-refractivity contribution in [3.63, 3.8) is 0 Å². The maximum atomic E-state index is 13.8. The maximum absolute atomic E-state index is 13.8. The highest BCUT2D eigenvalue weighted by Crippen LogP contribution is 2.28. The molecule has 1 aromatic heterocycles. The number of methoxy groups -OCH3 is 2. The zero-order valence-corrected chi connectivity index (χ0v) is 21.1. The molecule has 37 heavy (non-hydrogen) atoms. The van der Waals surface area contributed by atoms with Gasteiger partial charge in [0.25, 0.3) is 5.56 Å². The number of ether oxygens (including phenoxy) is 3. The summed E-state index contributed by atoms with van der Waals surface area (Å²) >= 11 is 0. The van der Waals surface area contributed by atoms with E-state index in [0.29, 0.717) is 34.8 Å².